The summed E-state index contributed by atoms with van der Waals surface area (Å²) in [6.45, 7) is 6.25. The van der Waals surface area contributed by atoms with Crippen LogP contribution in [0.25, 0.3) is 10.8 Å². The van der Waals surface area contributed by atoms with Crippen LogP contribution in [0.4, 0.5) is 0 Å². The first-order valence-corrected chi connectivity index (χ1v) is 7.52. The van der Waals surface area contributed by atoms with Crippen LogP contribution >= 0.6 is 24.8 Å². The Balaban J connectivity index is -0.000000243. The van der Waals surface area contributed by atoms with E-state index >= 15 is 0 Å². The van der Waals surface area contributed by atoms with Gasteiger partial charge in [-0.2, -0.15) is 56.6 Å². The predicted octanol–water partition coefficient (Wildman–Crippen LogP) is 5.80. The number of fused-ring (bicyclic) bond motifs is 1. The summed E-state index contributed by atoms with van der Waals surface area (Å²) in [7, 11) is 0. The average molecular weight is 373 g/mol. The molecule has 0 unspecified atom stereocenters. The van der Waals surface area contributed by atoms with Gasteiger partial charge in [0, 0.05) is 0 Å². The van der Waals surface area contributed by atoms with E-state index in [0.717, 1.165) is 0 Å². The zero-order valence-electron chi connectivity index (χ0n) is 13.3. The van der Waals surface area contributed by atoms with Crippen molar-refractivity contribution in [2.75, 3.05) is 0 Å². The predicted molar refractivity (Wildman–Crippen MR) is 101 cm³/mol. The van der Waals surface area contributed by atoms with Gasteiger partial charge in [-0.05, 0) is 0 Å². The van der Waals surface area contributed by atoms with Crippen molar-refractivity contribution in [1.29, 1.82) is 0 Å². The van der Waals surface area contributed by atoms with Crippen LogP contribution in [0, 0.1) is 12.1 Å². The maximum absolute atomic E-state index is 3.25. The van der Waals surface area contributed by atoms with Gasteiger partial charge >= 0.3 is 24.8 Å². The van der Waals surface area contributed by atoms with Crippen LogP contribution in [-0.2, 0) is 20.0 Å². The van der Waals surface area contributed by atoms with E-state index in [-0.39, 0.29) is 24.8 Å². The molecule has 2 aromatic carbocycles. The van der Waals surface area contributed by atoms with E-state index in [1.165, 1.54) is 16.7 Å². The summed E-state index contributed by atoms with van der Waals surface area (Å²) in [6, 6.07) is 18.4. The molecule has 3 aromatic rings. The first-order chi connectivity index (χ1) is 9.70. The fourth-order valence-corrected chi connectivity index (χ4v) is 1.31. The number of benzene rings is 1. The molecule has 0 aliphatic rings. The van der Waals surface area contributed by atoms with E-state index in [9.17, 15) is 0 Å². The van der Waals surface area contributed by atoms with Crippen LogP contribution in [-0.4, -0.2) is 9.80 Å². The van der Waals surface area contributed by atoms with Crippen molar-refractivity contribution in [1.82, 2.24) is 4.98 Å². The van der Waals surface area contributed by atoms with Crippen molar-refractivity contribution in [3.63, 3.8) is 0 Å². The Hall–Kier alpha value is -0.726. The summed E-state index contributed by atoms with van der Waals surface area (Å²) in [5.41, 5.74) is 0. The number of aromatic nitrogens is 1. The Bertz CT molecular complexity index is 483. The van der Waals surface area contributed by atoms with Gasteiger partial charge in [0.1, 0.15) is 0 Å². The monoisotopic (exact) mass is 372 g/mol. The topological polar surface area (TPSA) is 15.8 Å². The van der Waals surface area contributed by atoms with Crippen LogP contribution in [0.2, 0.25) is 0 Å². The number of hydrogen-bond acceptors (Lipinski definition) is 0. The molecular formula is C18H24Cl2NTi-3. The molecular weight excluding hydrogens is 349 g/mol. The Morgan fingerprint density at radius 2 is 1.64 bits per heavy atom. The standard InChI is InChI=1S/C9H7.C4H4N.C4H9.CH2.2ClH.Ti/c1-2-5-9-7-3-6-8(9)4-1;1-2-4-5-3-1;1-4(2)3;;;;/h1-7H;1-3,5H;1-3H3;1H2;2*1H;/q3*-1;;;;. The van der Waals surface area contributed by atoms with Crippen molar-refractivity contribution in [2.45, 2.75) is 20.8 Å². The van der Waals surface area contributed by atoms with Gasteiger partial charge in [0.15, 0.2) is 0 Å². The molecule has 0 radical (unpaired) electrons. The number of aromatic amines is 1. The summed E-state index contributed by atoms with van der Waals surface area (Å²) in [4.78, 5) is 5.99. The molecule has 1 heterocycles. The minimum atomic E-state index is 0. The minimum Gasteiger partial charge on any atom is -0.484 e. The van der Waals surface area contributed by atoms with E-state index in [1.807, 2.05) is 18.3 Å². The first kappa shape index (κ1) is 26.2. The Morgan fingerprint density at radius 1 is 1.05 bits per heavy atom. The molecule has 3 rings (SSSR count). The van der Waals surface area contributed by atoms with E-state index in [2.05, 4.69) is 79.2 Å². The van der Waals surface area contributed by atoms with Crippen LogP contribution in [0.3, 0.4) is 0 Å². The number of nitrogens with one attached hydrogen (secondary N) is 1. The number of hydrogen-bond donors (Lipinski definition) is 1. The second-order valence-electron chi connectivity index (χ2n) is 4.47. The van der Waals surface area contributed by atoms with Crippen LogP contribution in [0.5, 0.6) is 0 Å². The zero-order valence-corrected chi connectivity index (χ0v) is 16.5. The number of H-pyrrole nitrogens is 1. The largest absolute Gasteiger partial charge is 0.484 e. The number of halogens is 2. The molecule has 0 bridgehead atoms. The van der Waals surface area contributed by atoms with Crippen LogP contribution in [0.15, 0.2) is 60.8 Å². The van der Waals surface area contributed by atoms with Crippen LogP contribution < -0.4 is 0 Å². The minimum absolute atomic E-state index is 0. The fourth-order valence-electron chi connectivity index (χ4n) is 1.31. The Kier molecular flexibility index (Phi) is 21.8. The van der Waals surface area contributed by atoms with Crippen molar-refractivity contribution in [3.05, 3.63) is 72.9 Å². The molecule has 22 heavy (non-hydrogen) atoms. The van der Waals surface area contributed by atoms with Crippen LogP contribution in [0.1, 0.15) is 20.8 Å². The fraction of sp³-hybridized carbons (Fsp3) is 0.167. The molecule has 0 fully saturated rings. The zero-order chi connectivity index (χ0) is 15.2. The van der Waals surface area contributed by atoms with E-state index in [0.29, 0.717) is 0 Å². The third-order valence-corrected chi connectivity index (χ3v) is 1.99. The molecule has 0 spiro atoms. The normalized spacial score (nSPS) is 7.77. The summed E-state index contributed by atoms with van der Waals surface area (Å²) < 4.78 is 0. The summed E-state index contributed by atoms with van der Waals surface area (Å²) in [5, 5.41) is 2.66. The Labute approximate surface area is 158 Å². The van der Waals surface area contributed by atoms with Crippen molar-refractivity contribution >= 4 is 40.4 Å². The van der Waals surface area contributed by atoms with Crippen molar-refractivity contribution in [3.8, 4) is 0 Å². The van der Waals surface area contributed by atoms with Crippen molar-refractivity contribution in [2.24, 2.45) is 0 Å². The van der Waals surface area contributed by atoms with Gasteiger partial charge in [0.05, 0.1) is 0 Å². The van der Waals surface area contributed by atoms with E-state index in [1.54, 1.807) is 20.0 Å². The van der Waals surface area contributed by atoms with E-state index in [4.69, 9.17) is 0 Å². The molecule has 1 N–H and O–H groups in total. The number of rotatable bonds is 0. The third kappa shape index (κ3) is 14.2. The van der Waals surface area contributed by atoms with Gasteiger partial charge in [-0.1, -0.05) is 6.07 Å². The second kappa shape index (κ2) is 18.3. The molecule has 1 aromatic heterocycles. The van der Waals surface area contributed by atoms with Gasteiger partial charge in [-0.3, -0.25) is 0 Å². The van der Waals surface area contributed by atoms with Gasteiger partial charge in [-0.25, -0.2) is 0 Å². The van der Waals surface area contributed by atoms with Gasteiger partial charge in [-0.15, -0.1) is 60.7 Å². The molecule has 0 saturated heterocycles. The quantitative estimate of drug-likeness (QED) is 0.379. The molecule has 1 nitrogen and oxygen atoms in total. The summed E-state index contributed by atoms with van der Waals surface area (Å²) in [6.07, 6.45) is 4.56. The maximum Gasteiger partial charge on any atom is -0.0809 e. The molecule has 0 atom stereocenters. The molecule has 0 aliphatic carbocycles. The van der Waals surface area contributed by atoms with Gasteiger partial charge in [0.2, 0.25) is 0 Å². The molecule has 0 aliphatic heterocycles. The van der Waals surface area contributed by atoms with Gasteiger partial charge < -0.3 is 10.9 Å². The maximum atomic E-state index is 3.25. The smallest absolute Gasteiger partial charge is 0.0809 e. The SMILES string of the molecule is C[C-](C)C.Cl.Cl.[CH2]=[Ti].[c-]1ccc[nH]1.c1ccc2[cH-]ccc2c1. The van der Waals surface area contributed by atoms with E-state index < -0.39 is 0 Å². The first-order valence-electron chi connectivity index (χ1n) is 6.42. The molecule has 0 saturated carbocycles. The molecule has 4 heteroatoms. The molecule has 122 valence electrons. The molecule has 0 amide bonds. The van der Waals surface area contributed by atoms with Gasteiger partial charge in [0.25, 0.3) is 0 Å². The second-order valence-corrected chi connectivity index (χ2v) is 4.47. The average Bonchev–Trinajstić information content (AvgIpc) is 3.15. The summed E-state index contributed by atoms with van der Waals surface area (Å²) >= 11 is 1.75. The van der Waals surface area contributed by atoms with Crippen molar-refractivity contribution < 1.29 is 20.0 Å². The Morgan fingerprint density at radius 3 is 2.05 bits per heavy atom. The third-order valence-electron chi connectivity index (χ3n) is 1.99. The summed E-state index contributed by atoms with van der Waals surface area (Å²) in [5.74, 6) is 1.42.